The molecule has 0 saturated carbocycles. The number of ether oxygens (including phenoxy) is 1. The molecule has 0 amide bonds. The summed E-state index contributed by atoms with van der Waals surface area (Å²) in [6.07, 6.45) is 1.32. The lowest BCUT2D eigenvalue weighted by molar-refractivity contribution is 0.414. The molecule has 0 spiro atoms. The number of hydrogen-bond donors (Lipinski definition) is 0. The van der Waals surface area contributed by atoms with Crippen molar-refractivity contribution in [3.05, 3.63) is 30.2 Å². The summed E-state index contributed by atoms with van der Waals surface area (Å²) in [5, 5.41) is 3.78. The number of methoxy groups -OCH3 is 1. The van der Waals surface area contributed by atoms with E-state index in [1.54, 1.807) is 7.11 Å². The highest BCUT2D eigenvalue weighted by Crippen LogP contribution is 2.23. The van der Waals surface area contributed by atoms with Gasteiger partial charge in [-0.2, -0.15) is 4.98 Å². The maximum Gasteiger partial charge on any atom is 0.214 e. The van der Waals surface area contributed by atoms with Crippen molar-refractivity contribution < 1.29 is 9.26 Å². The van der Waals surface area contributed by atoms with Crippen LogP contribution in [0.1, 0.15) is 5.56 Å². The lowest BCUT2D eigenvalue weighted by atomic mass is 10.1. The quantitative estimate of drug-likeness (QED) is 0.727. The minimum atomic E-state index is 0.602. The van der Waals surface area contributed by atoms with Gasteiger partial charge in [-0.05, 0) is 30.7 Å². The highest BCUT2D eigenvalue weighted by atomic mass is 16.5. The zero-order valence-electron chi connectivity index (χ0n) is 8.02. The van der Waals surface area contributed by atoms with E-state index in [4.69, 9.17) is 4.74 Å². The van der Waals surface area contributed by atoms with Gasteiger partial charge in [-0.15, -0.1) is 0 Å². The van der Waals surface area contributed by atoms with Gasteiger partial charge >= 0.3 is 0 Å². The number of nitrogens with zero attached hydrogens (tertiary/aromatic N) is 2. The lowest BCUT2D eigenvalue weighted by Gasteiger charge is -2.03. The number of aromatic nitrogens is 2. The van der Waals surface area contributed by atoms with Gasteiger partial charge < -0.3 is 9.26 Å². The van der Waals surface area contributed by atoms with Gasteiger partial charge in [0.25, 0.3) is 0 Å². The van der Waals surface area contributed by atoms with Crippen molar-refractivity contribution in [2.24, 2.45) is 0 Å². The van der Waals surface area contributed by atoms with Crippen LogP contribution in [0.2, 0.25) is 0 Å². The first-order chi connectivity index (χ1) is 6.81. The highest BCUT2D eigenvalue weighted by Gasteiger charge is 2.06. The Bertz CT molecular complexity index is 424. The molecule has 4 heteroatoms. The van der Waals surface area contributed by atoms with Crippen LogP contribution in [0.25, 0.3) is 11.4 Å². The first-order valence-electron chi connectivity index (χ1n) is 4.22. The number of hydrogen-bond acceptors (Lipinski definition) is 4. The van der Waals surface area contributed by atoms with Crippen LogP contribution in [0.15, 0.2) is 29.1 Å². The van der Waals surface area contributed by atoms with E-state index >= 15 is 0 Å². The molecule has 0 bridgehead atoms. The molecule has 0 saturated heterocycles. The molecule has 1 heterocycles. The number of benzene rings is 1. The maximum absolute atomic E-state index is 5.10. The van der Waals surface area contributed by atoms with Gasteiger partial charge in [0, 0.05) is 5.56 Å². The maximum atomic E-state index is 5.10. The molecule has 0 atom stereocenters. The highest BCUT2D eigenvalue weighted by molar-refractivity contribution is 5.60. The largest absolute Gasteiger partial charge is 0.497 e. The van der Waals surface area contributed by atoms with Gasteiger partial charge in [-0.25, -0.2) is 0 Å². The molecule has 1 aromatic carbocycles. The van der Waals surface area contributed by atoms with Gasteiger partial charge in [0.05, 0.1) is 7.11 Å². The monoisotopic (exact) mass is 190 g/mol. The fourth-order valence-corrected chi connectivity index (χ4v) is 1.30. The summed E-state index contributed by atoms with van der Waals surface area (Å²) in [7, 11) is 1.64. The van der Waals surface area contributed by atoms with Crippen LogP contribution in [0.4, 0.5) is 0 Å². The molecule has 72 valence electrons. The summed E-state index contributed by atoms with van der Waals surface area (Å²) in [4.78, 5) is 3.98. The van der Waals surface area contributed by atoms with Gasteiger partial charge in [0.15, 0.2) is 0 Å². The van der Waals surface area contributed by atoms with Gasteiger partial charge in [-0.3, -0.25) is 0 Å². The average molecular weight is 190 g/mol. The van der Waals surface area contributed by atoms with Crippen LogP contribution < -0.4 is 4.74 Å². The Morgan fingerprint density at radius 1 is 1.36 bits per heavy atom. The summed E-state index contributed by atoms with van der Waals surface area (Å²) in [5.41, 5.74) is 2.02. The van der Waals surface area contributed by atoms with Crippen molar-refractivity contribution in [3.63, 3.8) is 0 Å². The van der Waals surface area contributed by atoms with Crippen molar-refractivity contribution in [3.8, 4) is 17.1 Å². The van der Waals surface area contributed by atoms with Crippen LogP contribution in [0, 0.1) is 6.92 Å². The summed E-state index contributed by atoms with van der Waals surface area (Å²) in [6, 6.07) is 5.73. The van der Waals surface area contributed by atoms with Crippen LogP contribution in [-0.4, -0.2) is 17.3 Å². The molecule has 1 aromatic heterocycles. The zero-order valence-corrected chi connectivity index (χ0v) is 8.02. The third kappa shape index (κ3) is 1.46. The van der Waals surface area contributed by atoms with E-state index < -0.39 is 0 Å². The van der Waals surface area contributed by atoms with Gasteiger partial charge in [-0.1, -0.05) is 5.16 Å². The topological polar surface area (TPSA) is 48.2 Å². The smallest absolute Gasteiger partial charge is 0.214 e. The van der Waals surface area contributed by atoms with E-state index in [0.717, 1.165) is 16.9 Å². The lowest BCUT2D eigenvalue weighted by Crippen LogP contribution is -1.88. The Kier molecular flexibility index (Phi) is 2.18. The van der Waals surface area contributed by atoms with Crippen molar-refractivity contribution >= 4 is 0 Å². The van der Waals surface area contributed by atoms with Gasteiger partial charge in [0.2, 0.25) is 12.2 Å². The van der Waals surface area contributed by atoms with E-state index in [-0.39, 0.29) is 0 Å². The second kappa shape index (κ2) is 3.49. The third-order valence-electron chi connectivity index (χ3n) is 2.04. The fourth-order valence-electron chi connectivity index (χ4n) is 1.30. The van der Waals surface area contributed by atoms with E-state index in [1.165, 1.54) is 6.39 Å². The van der Waals surface area contributed by atoms with Crippen molar-refractivity contribution in [1.29, 1.82) is 0 Å². The minimum absolute atomic E-state index is 0.602. The Morgan fingerprint density at radius 3 is 2.79 bits per heavy atom. The van der Waals surface area contributed by atoms with Crippen molar-refractivity contribution in [2.45, 2.75) is 6.92 Å². The molecule has 0 aliphatic rings. The third-order valence-corrected chi connectivity index (χ3v) is 2.04. The molecule has 0 aliphatic heterocycles. The molecular formula is C10H10N2O2. The van der Waals surface area contributed by atoms with E-state index in [0.29, 0.717) is 5.82 Å². The van der Waals surface area contributed by atoms with E-state index in [9.17, 15) is 0 Å². The summed E-state index contributed by atoms with van der Waals surface area (Å²) < 4.78 is 9.79. The predicted molar refractivity (Wildman–Crippen MR) is 51.0 cm³/mol. The molecule has 0 radical (unpaired) electrons. The SMILES string of the molecule is COc1ccc(-c2ncon2)c(C)c1. The summed E-state index contributed by atoms with van der Waals surface area (Å²) in [6.45, 7) is 1.98. The molecule has 0 N–H and O–H groups in total. The van der Waals surface area contributed by atoms with Crippen molar-refractivity contribution in [2.75, 3.05) is 7.11 Å². The summed E-state index contributed by atoms with van der Waals surface area (Å²) >= 11 is 0. The number of aryl methyl sites for hydroxylation is 1. The molecule has 2 rings (SSSR count). The second-order valence-corrected chi connectivity index (χ2v) is 2.94. The van der Waals surface area contributed by atoms with Crippen LogP contribution >= 0.6 is 0 Å². The standard InChI is InChI=1S/C10H10N2O2/c1-7-5-8(13-2)3-4-9(7)10-11-6-14-12-10/h3-6H,1-2H3. The van der Waals surface area contributed by atoms with Gasteiger partial charge in [0.1, 0.15) is 5.75 Å². The molecule has 0 aliphatic carbocycles. The second-order valence-electron chi connectivity index (χ2n) is 2.94. The Morgan fingerprint density at radius 2 is 2.21 bits per heavy atom. The molecule has 4 nitrogen and oxygen atoms in total. The zero-order chi connectivity index (χ0) is 9.97. The first-order valence-corrected chi connectivity index (χ1v) is 4.22. The molecule has 2 aromatic rings. The van der Waals surface area contributed by atoms with E-state index in [1.807, 2.05) is 25.1 Å². The van der Waals surface area contributed by atoms with Crippen LogP contribution in [0.3, 0.4) is 0 Å². The first kappa shape index (κ1) is 8.74. The Balaban J connectivity index is 2.46. The average Bonchev–Trinajstić information content (AvgIpc) is 2.70. The molecule has 0 unspecified atom stereocenters. The van der Waals surface area contributed by atoms with E-state index in [2.05, 4.69) is 14.7 Å². The minimum Gasteiger partial charge on any atom is -0.497 e. The predicted octanol–water partition coefficient (Wildman–Crippen LogP) is 2.05. The van der Waals surface area contributed by atoms with Crippen molar-refractivity contribution in [1.82, 2.24) is 10.1 Å². The number of rotatable bonds is 2. The summed E-state index contributed by atoms with van der Waals surface area (Å²) in [5.74, 6) is 1.43. The molecule has 14 heavy (non-hydrogen) atoms. The Labute approximate surface area is 81.5 Å². The normalized spacial score (nSPS) is 10.1. The molecular weight excluding hydrogens is 180 g/mol. The molecule has 0 fully saturated rings. The van der Waals surface area contributed by atoms with Crippen LogP contribution in [-0.2, 0) is 0 Å². The Hall–Kier alpha value is -1.84. The fraction of sp³-hybridized carbons (Fsp3) is 0.200. The van der Waals surface area contributed by atoms with Crippen LogP contribution in [0.5, 0.6) is 5.75 Å².